The van der Waals surface area contributed by atoms with Gasteiger partial charge in [-0.05, 0) is 40.8 Å². The quantitative estimate of drug-likeness (QED) is 0.635. The minimum atomic E-state index is -0.413. The smallest absolute Gasteiger partial charge is 0.339 e. The molecule has 120 valence electrons. The van der Waals surface area contributed by atoms with E-state index in [0.29, 0.717) is 17.4 Å². The van der Waals surface area contributed by atoms with Gasteiger partial charge in [-0.15, -0.1) is 0 Å². The maximum absolute atomic E-state index is 12.4. The third kappa shape index (κ3) is 3.22. The molecule has 4 heteroatoms. The van der Waals surface area contributed by atoms with Gasteiger partial charge in [0.05, 0.1) is 5.56 Å². The van der Waals surface area contributed by atoms with Crippen molar-refractivity contribution < 1.29 is 14.3 Å². The molecule has 22 heavy (non-hydrogen) atoms. The minimum Gasteiger partial charge on any atom is -0.459 e. The summed E-state index contributed by atoms with van der Waals surface area (Å²) in [5.74, 6) is -0.413. The van der Waals surface area contributed by atoms with Crippen LogP contribution in [0.25, 0.3) is 0 Å². The number of esters is 1. The maximum atomic E-state index is 12.4. The van der Waals surface area contributed by atoms with Gasteiger partial charge in [0, 0.05) is 29.5 Å². The third-order valence-electron chi connectivity index (χ3n) is 4.85. The van der Waals surface area contributed by atoms with E-state index in [-0.39, 0.29) is 17.2 Å². The van der Waals surface area contributed by atoms with E-state index in [1.807, 2.05) is 0 Å². The van der Waals surface area contributed by atoms with E-state index in [4.69, 9.17) is 4.74 Å². The second-order valence-corrected chi connectivity index (χ2v) is 7.32. The standard InChI is InChI=1S/C18H25NO3/c1-17(2)10-14(11-18(3,4)19(17)5)22-16(21)15-9-7-6-8-13(15)12-20/h6-9,12,14H,10-11H2,1-5H3. The van der Waals surface area contributed by atoms with Crippen LogP contribution < -0.4 is 0 Å². The first kappa shape index (κ1) is 16.7. The first-order valence-corrected chi connectivity index (χ1v) is 7.66. The largest absolute Gasteiger partial charge is 0.459 e. The fourth-order valence-electron chi connectivity index (χ4n) is 3.36. The number of carbonyl (C=O) groups is 2. The molecule has 0 saturated carbocycles. The molecule has 0 spiro atoms. The fraction of sp³-hybridized carbons (Fsp3) is 0.556. The summed E-state index contributed by atoms with van der Waals surface area (Å²) in [5.41, 5.74) is 0.624. The van der Waals surface area contributed by atoms with Crippen LogP contribution >= 0.6 is 0 Å². The summed E-state index contributed by atoms with van der Waals surface area (Å²) >= 11 is 0. The lowest BCUT2D eigenvalue weighted by Crippen LogP contribution is -2.60. The summed E-state index contributed by atoms with van der Waals surface area (Å²) in [6, 6.07) is 6.75. The van der Waals surface area contributed by atoms with Gasteiger partial charge >= 0.3 is 5.97 Å². The normalized spacial score (nSPS) is 21.3. The monoisotopic (exact) mass is 303 g/mol. The van der Waals surface area contributed by atoms with Gasteiger partial charge in [0.15, 0.2) is 6.29 Å². The van der Waals surface area contributed by atoms with Crippen LogP contribution in [-0.2, 0) is 4.74 Å². The molecule has 2 rings (SSSR count). The van der Waals surface area contributed by atoms with Crippen molar-refractivity contribution >= 4 is 12.3 Å². The number of piperidine rings is 1. The Labute approximate surface area is 132 Å². The molecule has 1 heterocycles. The van der Waals surface area contributed by atoms with Gasteiger partial charge < -0.3 is 4.74 Å². The third-order valence-corrected chi connectivity index (χ3v) is 4.85. The summed E-state index contributed by atoms with van der Waals surface area (Å²) in [7, 11) is 2.11. The molecule has 1 aromatic carbocycles. The summed E-state index contributed by atoms with van der Waals surface area (Å²) in [6.07, 6.45) is 2.11. The predicted octanol–water partition coefficient (Wildman–Crippen LogP) is 3.31. The number of ether oxygens (including phenoxy) is 1. The zero-order chi connectivity index (χ0) is 16.5. The average molecular weight is 303 g/mol. The van der Waals surface area contributed by atoms with Crippen LogP contribution in [0.4, 0.5) is 0 Å². The molecule has 4 nitrogen and oxygen atoms in total. The Kier molecular flexibility index (Phi) is 4.43. The Bertz CT molecular complexity index is 559. The molecule has 1 fully saturated rings. The van der Waals surface area contributed by atoms with Crippen molar-refractivity contribution in [3.8, 4) is 0 Å². The first-order valence-electron chi connectivity index (χ1n) is 7.66. The number of likely N-dealkylation sites (tertiary alicyclic amines) is 1. The highest BCUT2D eigenvalue weighted by atomic mass is 16.5. The lowest BCUT2D eigenvalue weighted by atomic mass is 9.78. The molecule has 1 saturated heterocycles. The maximum Gasteiger partial charge on any atom is 0.339 e. The van der Waals surface area contributed by atoms with Gasteiger partial charge in [0.2, 0.25) is 0 Å². The molecule has 1 aromatic rings. The summed E-state index contributed by atoms with van der Waals surface area (Å²) in [6.45, 7) is 8.64. The van der Waals surface area contributed by atoms with Crippen molar-refractivity contribution in [3.63, 3.8) is 0 Å². The van der Waals surface area contributed by atoms with E-state index in [2.05, 4.69) is 39.6 Å². The summed E-state index contributed by atoms with van der Waals surface area (Å²) in [4.78, 5) is 25.8. The minimum absolute atomic E-state index is 0.0448. The molecule has 1 aliphatic rings. The predicted molar refractivity (Wildman–Crippen MR) is 86.2 cm³/mol. The van der Waals surface area contributed by atoms with Crippen molar-refractivity contribution in [3.05, 3.63) is 35.4 Å². The number of hydrogen-bond donors (Lipinski definition) is 0. The number of benzene rings is 1. The second-order valence-electron chi connectivity index (χ2n) is 7.32. The highest BCUT2D eigenvalue weighted by Crippen LogP contribution is 2.38. The molecular formula is C18H25NO3. The molecule has 0 unspecified atom stereocenters. The number of nitrogens with zero attached hydrogens (tertiary/aromatic N) is 1. The Morgan fingerprint density at radius 2 is 1.73 bits per heavy atom. The average Bonchev–Trinajstić information content (AvgIpc) is 2.44. The highest BCUT2D eigenvalue weighted by molar-refractivity contribution is 5.98. The number of hydrogen-bond acceptors (Lipinski definition) is 4. The molecule has 0 N–H and O–H groups in total. The Balaban J connectivity index is 2.17. The van der Waals surface area contributed by atoms with Gasteiger partial charge in [0.1, 0.15) is 6.10 Å². The van der Waals surface area contributed by atoms with E-state index in [0.717, 1.165) is 12.8 Å². The van der Waals surface area contributed by atoms with Crippen LogP contribution in [-0.4, -0.2) is 41.4 Å². The Morgan fingerprint density at radius 1 is 1.18 bits per heavy atom. The molecule has 0 radical (unpaired) electrons. The van der Waals surface area contributed by atoms with Crippen molar-refractivity contribution in [1.82, 2.24) is 4.90 Å². The lowest BCUT2D eigenvalue weighted by Gasteiger charge is -2.53. The van der Waals surface area contributed by atoms with Gasteiger partial charge in [-0.3, -0.25) is 9.69 Å². The zero-order valence-electron chi connectivity index (χ0n) is 14.1. The van der Waals surface area contributed by atoms with E-state index in [1.54, 1.807) is 24.3 Å². The highest BCUT2D eigenvalue weighted by Gasteiger charge is 2.44. The van der Waals surface area contributed by atoms with E-state index < -0.39 is 5.97 Å². The Hall–Kier alpha value is -1.68. The number of aldehydes is 1. The van der Waals surface area contributed by atoms with Crippen molar-refractivity contribution in [1.29, 1.82) is 0 Å². The summed E-state index contributed by atoms with van der Waals surface area (Å²) < 4.78 is 5.71. The van der Waals surface area contributed by atoms with Crippen LogP contribution in [0.3, 0.4) is 0 Å². The van der Waals surface area contributed by atoms with E-state index >= 15 is 0 Å². The van der Waals surface area contributed by atoms with Gasteiger partial charge in [-0.2, -0.15) is 0 Å². The molecule has 0 aliphatic carbocycles. The van der Waals surface area contributed by atoms with Crippen LogP contribution in [0, 0.1) is 0 Å². The van der Waals surface area contributed by atoms with Crippen molar-refractivity contribution in [2.75, 3.05) is 7.05 Å². The van der Waals surface area contributed by atoms with Crippen LogP contribution in [0.15, 0.2) is 24.3 Å². The topological polar surface area (TPSA) is 46.6 Å². The van der Waals surface area contributed by atoms with Crippen LogP contribution in [0.2, 0.25) is 0 Å². The Morgan fingerprint density at radius 3 is 2.27 bits per heavy atom. The molecule has 0 amide bonds. The summed E-state index contributed by atoms with van der Waals surface area (Å²) in [5, 5.41) is 0. The van der Waals surface area contributed by atoms with Crippen LogP contribution in [0.5, 0.6) is 0 Å². The van der Waals surface area contributed by atoms with Gasteiger partial charge in [0.25, 0.3) is 0 Å². The molecule has 0 atom stereocenters. The van der Waals surface area contributed by atoms with Crippen molar-refractivity contribution in [2.24, 2.45) is 0 Å². The fourth-order valence-corrected chi connectivity index (χ4v) is 3.36. The number of rotatable bonds is 3. The molecule has 0 aromatic heterocycles. The SMILES string of the molecule is CN1C(C)(C)CC(OC(=O)c2ccccc2C=O)CC1(C)C. The van der Waals surface area contributed by atoms with Gasteiger partial charge in [-0.25, -0.2) is 4.79 Å². The van der Waals surface area contributed by atoms with E-state index in [9.17, 15) is 9.59 Å². The molecular weight excluding hydrogens is 278 g/mol. The van der Waals surface area contributed by atoms with Crippen LogP contribution in [0.1, 0.15) is 61.3 Å². The van der Waals surface area contributed by atoms with Gasteiger partial charge in [-0.1, -0.05) is 18.2 Å². The number of carbonyl (C=O) groups excluding carboxylic acids is 2. The molecule has 1 aliphatic heterocycles. The zero-order valence-corrected chi connectivity index (χ0v) is 14.1. The second kappa shape index (κ2) is 5.84. The first-order chi connectivity index (χ1) is 10.2. The van der Waals surface area contributed by atoms with Crippen molar-refractivity contribution in [2.45, 2.75) is 57.7 Å². The van der Waals surface area contributed by atoms with E-state index in [1.165, 1.54) is 0 Å². The lowest BCUT2D eigenvalue weighted by molar-refractivity contribution is -0.0732. The molecule has 0 bridgehead atoms.